The maximum absolute atomic E-state index is 12.6. The van der Waals surface area contributed by atoms with Crippen LogP contribution in [-0.4, -0.2) is 41.8 Å². The fraction of sp³-hybridized carbons (Fsp3) is 0.727. The Morgan fingerprint density at radius 2 is 1.52 bits per heavy atom. The maximum atomic E-state index is 12.6. The average Bonchev–Trinajstić information content (AvgIpc) is 2.69. The van der Waals surface area contributed by atoms with E-state index in [9.17, 15) is 8.42 Å². The number of methoxy groups -OCH3 is 1. The Morgan fingerprint density at radius 1 is 0.897 bits per heavy atom. The van der Waals surface area contributed by atoms with Crippen molar-refractivity contribution in [2.45, 2.75) is 82.8 Å². The molecule has 1 unspecified atom stereocenters. The summed E-state index contributed by atoms with van der Waals surface area (Å²) in [6.45, 7) is 4.92. The van der Waals surface area contributed by atoms with E-state index in [0.717, 1.165) is 24.8 Å². The lowest BCUT2D eigenvalue weighted by Crippen LogP contribution is -2.23. The molecule has 1 atom stereocenters. The van der Waals surface area contributed by atoms with Crippen molar-refractivity contribution in [2.75, 3.05) is 27.1 Å². The third-order valence-corrected chi connectivity index (χ3v) is 5.92. The van der Waals surface area contributed by atoms with Crippen LogP contribution in [-0.2, 0) is 28.5 Å². The summed E-state index contributed by atoms with van der Waals surface area (Å²) < 4.78 is 46.3. The van der Waals surface area contributed by atoms with Crippen LogP contribution < -0.4 is 0 Å². The van der Waals surface area contributed by atoms with Crippen molar-refractivity contribution in [3.8, 4) is 0 Å². The molecule has 0 aliphatic heterocycles. The topological polar surface area (TPSA) is 71.1 Å². The van der Waals surface area contributed by atoms with E-state index < -0.39 is 16.4 Å². The molecule has 1 aromatic carbocycles. The van der Waals surface area contributed by atoms with Crippen LogP contribution in [0.1, 0.15) is 70.3 Å². The lowest BCUT2D eigenvalue weighted by atomic mass is 10.1. The highest BCUT2D eigenvalue weighted by atomic mass is 32.2. The molecule has 0 saturated carbocycles. The monoisotopic (exact) mass is 430 g/mol. The number of rotatable bonds is 18. The Morgan fingerprint density at radius 3 is 2.14 bits per heavy atom. The third kappa shape index (κ3) is 12.3. The minimum absolute atomic E-state index is 0.0333. The normalized spacial score (nSPS) is 12.9. The molecule has 0 aliphatic rings. The Labute approximate surface area is 177 Å². The predicted molar refractivity (Wildman–Crippen MR) is 114 cm³/mol. The van der Waals surface area contributed by atoms with Gasteiger partial charge in [-0.3, -0.25) is 0 Å². The zero-order chi connectivity index (χ0) is 21.4. The largest absolute Gasteiger partial charge is 0.382 e. The highest BCUT2D eigenvalue weighted by Crippen LogP contribution is 2.19. The Balaban J connectivity index is 2.48. The van der Waals surface area contributed by atoms with Crippen molar-refractivity contribution in [1.29, 1.82) is 0 Å². The van der Waals surface area contributed by atoms with Crippen molar-refractivity contribution in [3.05, 3.63) is 29.8 Å². The molecule has 0 bridgehead atoms. The molecular formula is C22H38O6S. The van der Waals surface area contributed by atoms with Gasteiger partial charge in [0.05, 0.1) is 18.1 Å². The van der Waals surface area contributed by atoms with Gasteiger partial charge in [0, 0.05) is 7.11 Å². The van der Waals surface area contributed by atoms with Gasteiger partial charge in [0.15, 0.2) is 6.29 Å². The number of hydrogen-bond donors (Lipinski definition) is 0. The molecule has 0 fully saturated rings. The van der Waals surface area contributed by atoms with Crippen LogP contribution in [0.5, 0.6) is 0 Å². The van der Waals surface area contributed by atoms with E-state index in [1.54, 1.807) is 31.4 Å². The van der Waals surface area contributed by atoms with Gasteiger partial charge in [-0.2, -0.15) is 8.42 Å². The molecule has 1 aromatic rings. The highest BCUT2D eigenvalue weighted by molar-refractivity contribution is 7.86. The first-order valence-corrected chi connectivity index (χ1v) is 12.1. The molecule has 0 aromatic heterocycles. The first kappa shape index (κ1) is 26.0. The van der Waals surface area contributed by atoms with E-state index in [1.165, 1.54) is 32.1 Å². The minimum atomic E-state index is -3.89. The van der Waals surface area contributed by atoms with Gasteiger partial charge in [-0.25, -0.2) is 4.18 Å². The standard InChI is InChI=1S/C22H38O6S/c1-4-5-6-7-8-9-10-11-12-22(27-19-26-18-17-25-3)28-29(23,24)21-15-13-20(2)14-16-21/h13-16,22H,4-12,17-19H2,1-3H3. The molecule has 0 saturated heterocycles. The number of benzene rings is 1. The second-order valence-corrected chi connectivity index (χ2v) is 8.81. The molecule has 1 rings (SSSR count). The van der Waals surface area contributed by atoms with Crippen LogP contribution in [0.25, 0.3) is 0 Å². The number of aryl methyl sites for hydroxylation is 1. The maximum Gasteiger partial charge on any atom is 0.299 e. The van der Waals surface area contributed by atoms with Crippen LogP contribution in [0.2, 0.25) is 0 Å². The van der Waals surface area contributed by atoms with Crippen molar-refractivity contribution >= 4 is 10.1 Å². The second kappa shape index (κ2) is 15.8. The summed E-state index contributed by atoms with van der Waals surface area (Å²) in [5.74, 6) is 0. The fourth-order valence-corrected chi connectivity index (χ4v) is 3.85. The van der Waals surface area contributed by atoms with Gasteiger partial charge in [0.25, 0.3) is 10.1 Å². The van der Waals surface area contributed by atoms with E-state index in [-0.39, 0.29) is 11.7 Å². The summed E-state index contributed by atoms with van der Waals surface area (Å²) in [5, 5.41) is 0. The summed E-state index contributed by atoms with van der Waals surface area (Å²) in [4.78, 5) is 0.132. The van der Waals surface area contributed by atoms with Crippen molar-refractivity contribution in [2.24, 2.45) is 0 Å². The second-order valence-electron chi connectivity index (χ2n) is 7.24. The SMILES string of the molecule is CCCCCCCCCCC(OCOCCOC)OS(=O)(=O)c1ccc(C)cc1. The minimum Gasteiger partial charge on any atom is -0.382 e. The van der Waals surface area contributed by atoms with Gasteiger partial charge < -0.3 is 14.2 Å². The molecule has 7 heteroatoms. The molecule has 0 aliphatic carbocycles. The Bertz CT molecular complexity index is 615. The third-order valence-electron chi connectivity index (χ3n) is 4.61. The molecule has 0 amide bonds. The molecule has 0 spiro atoms. The zero-order valence-electron chi connectivity index (χ0n) is 18.2. The molecule has 0 N–H and O–H groups in total. The molecular weight excluding hydrogens is 392 g/mol. The molecule has 0 heterocycles. The first-order valence-electron chi connectivity index (χ1n) is 10.7. The highest BCUT2D eigenvalue weighted by Gasteiger charge is 2.22. The van der Waals surface area contributed by atoms with Crippen molar-refractivity contribution < 1.29 is 26.8 Å². The van der Waals surface area contributed by atoms with Crippen LogP contribution in [0.3, 0.4) is 0 Å². The van der Waals surface area contributed by atoms with Crippen LogP contribution in [0, 0.1) is 6.92 Å². The molecule has 6 nitrogen and oxygen atoms in total. The summed E-state index contributed by atoms with van der Waals surface area (Å²) in [6.07, 6.45) is 8.99. The Kier molecular flexibility index (Phi) is 14.2. The number of unbranched alkanes of at least 4 members (excludes halogenated alkanes) is 7. The smallest absolute Gasteiger partial charge is 0.299 e. The van der Waals surface area contributed by atoms with Gasteiger partial charge in [-0.15, -0.1) is 0 Å². The summed E-state index contributed by atoms with van der Waals surface area (Å²) in [5.41, 5.74) is 0.988. The van der Waals surface area contributed by atoms with Gasteiger partial charge >= 0.3 is 0 Å². The van der Waals surface area contributed by atoms with Crippen LogP contribution in [0.4, 0.5) is 0 Å². The lowest BCUT2D eigenvalue weighted by molar-refractivity contribution is -0.161. The van der Waals surface area contributed by atoms with E-state index >= 15 is 0 Å². The van der Waals surface area contributed by atoms with Crippen molar-refractivity contribution in [3.63, 3.8) is 0 Å². The quantitative estimate of drug-likeness (QED) is 0.181. The fourth-order valence-electron chi connectivity index (χ4n) is 2.83. The van der Waals surface area contributed by atoms with Gasteiger partial charge in [-0.05, 0) is 31.9 Å². The summed E-state index contributed by atoms with van der Waals surface area (Å²) >= 11 is 0. The first-order chi connectivity index (χ1) is 14.0. The molecule has 29 heavy (non-hydrogen) atoms. The summed E-state index contributed by atoms with van der Waals surface area (Å²) in [6, 6.07) is 6.59. The van der Waals surface area contributed by atoms with Crippen molar-refractivity contribution in [1.82, 2.24) is 0 Å². The number of hydrogen-bond acceptors (Lipinski definition) is 6. The average molecular weight is 431 g/mol. The zero-order valence-corrected chi connectivity index (χ0v) is 19.0. The predicted octanol–water partition coefficient (Wildman–Crippen LogP) is 5.19. The lowest BCUT2D eigenvalue weighted by Gasteiger charge is -2.18. The van der Waals surface area contributed by atoms with Gasteiger partial charge in [0.2, 0.25) is 0 Å². The van der Waals surface area contributed by atoms with E-state index in [2.05, 4.69) is 6.92 Å². The van der Waals surface area contributed by atoms with Crippen LogP contribution >= 0.6 is 0 Å². The summed E-state index contributed by atoms with van der Waals surface area (Å²) in [7, 11) is -2.30. The molecule has 0 radical (unpaired) electrons. The van der Waals surface area contributed by atoms with E-state index in [4.69, 9.17) is 18.4 Å². The van der Waals surface area contributed by atoms with E-state index in [1.807, 2.05) is 6.92 Å². The van der Waals surface area contributed by atoms with Crippen LogP contribution in [0.15, 0.2) is 29.2 Å². The number of ether oxygens (including phenoxy) is 3. The van der Waals surface area contributed by atoms with Gasteiger partial charge in [-0.1, -0.05) is 69.6 Å². The Hall–Kier alpha value is -0.990. The van der Waals surface area contributed by atoms with E-state index in [0.29, 0.717) is 19.6 Å². The van der Waals surface area contributed by atoms with Gasteiger partial charge in [0.1, 0.15) is 6.79 Å². The molecule has 168 valence electrons.